The lowest BCUT2D eigenvalue weighted by Gasteiger charge is -2.17. The summed E-state index contributed by atoms with van der Waals surface area (Å²) in [6.45, 7) is 0. The SMILES string of the molecule is COC(=O)C1=CNC(S)C(N)=C1. The predicted octanol–water partition coefficient (Wildman–Crippen LogP) is -0.255. The predicted molar refractivity (Wildman–Crippen MR) is 48.3 cm³/mol. The second kappa shape index (κ2) is 3.53. The molecule has 0 aliphatic carbocycles. The Morgan fingerprint density at radius 1 is 1.83 bits per heavy atom. The molecule has 1 unspecified atom stereocenters. The van der Waals surface area contributed by atoms with E-state index in [1.165, 1.54) is 13.3 Å². The maximum absolute atomic E-state index is 11.0. The molecule has 0 spiro atoms. The van der Waals surface area contributed by atoms with Crippen LogP contribution in [0.5, 0.6) is 0 Å². The summed E-state index contributed by atoms with van der Waals surface area (Å²) in [6.07, 6.45) is 3.07. The topological polar surface area (TPSA) is 64.3 Å². The van der Waals surface area contributed by atoms with Gasteiger partial charge in [0.25, 0.3) is 0 Å². The van der Waals surface area contributed by atoms with Gasteiger partial charge in [-0.05, 0) is 6.08 Å². The Morgan fingerprint density at radius 2 is 2.50 bits per heavy atom. The van der Waals surface area contributed by atoms with E-state index in [0.717, 1.165) is 0 Å². The van der Waals surface area contributed by atoms with Gasteiger partial charge in [0, 0.05) is 11.9 Å². The van der Waals surface area contributed by atoms with Crippen LogP contribution in [-0.4, -0.2) is 18.5 Å². The van der Waals surface area contributed by atoms with Crippen LogP contribution in [0.15, 0.2) is 23.5 Å². The van der Waals surface area contributed by atoms with Gasteiger partial charge in [-0.15, -0.1) is 12.6 Å². The molecular formula is C7H10N2O2S. The number of ether oxygens (including phenoxy) is 1. The maximum atomic E-state index is 11.0. The largest absolute Gasteiger partial charge is 0.465 e. The zero-order chi connectivity index (χ0) is 9.14. The third kappa shape index (κ3) is 1.73. The van der Waals surface area contributed by atoms with Crippen LogP contribution in [-0.2, 0) is 9.53 Å². The highest BCUT2D eigenvalue weighted by Crippen LogP contribution is 2.11. The molecule has 0 bridgehead atoms. The van der Waals surface area contributed by atoms with Crippen molar-refractivity contribution < 1.29 is 9.53 Å². The molecule has 5 heteroatoms. The van der Waals surface area contributed by atoms with Gasteiger partial charge in [-0.1, -0.05) is 0 Å². The van der Waals surface area contributed by atoms with Crippen LogP contribution >= 0.6 is 12.6 Å². The van der Waals surface area contributed by atoms with E-state index in [0.29, 0.717) is 11.3 Å². The number of esters is 1. The third-order valence-corrected chi connectivity index (χ3v) is 1.90. The summed E-state index contributed by atoms with van der Waals surface area (Å²) in [5, 5.41) is 2.58. The molecule has 1 aliphatic heterocycles. The summed E-state index contributed by atoms with van der Waals surface area (Å²) < 4.78 is 4.50. The summed E-state index contributed by atoms with van der Waals surface area (Å²) >= 11 is 4.09. The van der Waals surface area contributed by atoms with Crippen LogP contribution in [0.1, 0.15) is 0 Å². The monoisotopic (exact) mass is 186 g/mol. The summed E-state index contributed by atoms with van der Waals surface area (Å²) in [7, 11) is 1.32. The van der Waals surface area contributed by atoms with Gasteiger partial charge in [-0.2, -0.15) is 0 Å². The molecule has 0 fully saturated rings. The molecule has 3 N–H and O–H groups in total. The molecule has 12 heavy (non-hydrogen) atoms. The number of hydrogen-bond donors (Lipinski definition) is 3. The lowest BCUT2D eigenvalue weighted by Crippen LogP contribution is -2.29. The normalized spacial score (nSPS) is 22.0. The lowest BCUT2D eigenvalue weighted by atomic mass is 10.2. The Labute approximate surface area is 75.9 Å². The molecule has 0 aromatic carbocycles. The minimum atomic E-state index is -0.411. The summed E-state index contributed by atoms with van der Waals surface area (Å²) in [5.41, 5.74) is 6.44. The Hall–Kier alpha value is -1.10. The zero-order valence-corrected chi connectivity index (χ0v) is 7.47. The van der Waals surface area contributed by atoms with Crippen LogP contribution in [0.25, 0.3) is 0 Å². The van der Waals surface area contributed by atoms with E-state index in [4.69, 9.17) is 5.73 Å². The van der Waals surface area contributed by atoms with Gasteiger partial charge in [0.05, 0.1) is 12.7 Å². The second-order valence-corrected chi connectivity index (χ2v) is 2.82. The molecule has 0 saturated carbocycles. The molecule has 1 rings (SSSR count). The van der Waals surface area contributed by atoms with Crippen molar-refractivity contribution in [2.24, 2.45) is 5.73 Å². The molecule has 4 nitrogen and oxygen atoms in total. The van der Waals surface area contributed by atoms with Crippen LogP contribution in [0, 0.1) is 0 Å². The summed E-state index contributed by atoms with van der Waals surface area (Å²) in [5.74, 6) is -0.411. The van der Waals surface area contributed by atoms with Crippen molar-refractivity contribution >= 4 is 18.6 Å². The lowest BCUT2D eigenvalue weighted by molar-refractivity contribution is -0.135. The molecule has 1 heterocycles. The molecule has 0 saturated heterocycles. The Bertz CT molecular complexity index is 260. The first-order chi connectivity index (χ1) is 5.65. The number of rotatable bonds is 1. The summed E-state index contributed by atoms with van der Waals surface area (Å²) in [6, 6.07) is 0. The number of carbonyl (C=O) groups is 1. The van der Waals surface area contributed by atoms with E-state index in [1.807, 2.05) is 0 Å². The Balaban J connectivity index is 2.78. The first-order valence-electron chi connectivity index (χ1n) is 3.35. The van der Waals surface area contributed by atoms with Crippen LogP contribution in [0.2, 0.25) is 0 Å². The van der Waals surface area contributed by atoms with Crippen molar-refractivity contribution in [3.8, 4) is 0 Å². The Kier molecular flexibility index (Phi) is 2.65. The van der Waals surface area contributed by atoms with Crippen LogP contribution < -0.4 is 11.1 Å². The fourth-order valence-electron chi connectivity index (χ4n) is 0.801. The van der Waals surface area contributed by atoms with Gasteiger partial charge in [-0.3, -0.25) is 0 Å². The quantitative estimate of drug-likeness (QED) is 0.390. The van der Waals surface area contributed by atoms with E-state index in [2.05, 4.69) is 22.7 Å². The maximum Gasteiger partial charge on any atom is 0.339 e. The van der Waals surface area contributed by atoms with Crippen molar-refractivity contribution in [1.82, 2.24) is 5.32 Å². The average molecular weight is 186 g/mol. The first kappa shape index (κ1) is 8.99. The number of hydrogen-bond acceptors (Lipinski definition) is 5. The molecular weight excluding hydrogens is 176 g/mol. The fraction of sp³-hybridized carbons (Fsp3) is 0.286. The van der Waals surface area contributed by atoms with E-state index >= 15 is 0 Å². The number of nitrogens with one attached hydrogen (secondary N) is 1. The van der Waals surface area contributed by atoms with E-state index in [9.17, 15) is 4.79 Å². The highest BCUT2D eigenvalue weighted by molar-refractivity contribution is 7.81. The number of thiol groups is 1. The minimum Gasteiger partial charge on any atom is -0.465 e. The van der Waals surface area contributed by atoms with Crippen LogP contribution in [0.4, 0.5) is 0 Å². The molecule has 0 amide bonds. The second-order valence-electron chi connectivity index (χ2n) is 2.30. The van der Waals surface area contributed by atoms with Crippen LogP contribution in [0.3, 0.4) is 0 Å². The first-order valence-corrected chi connectivity index (χ1v) is 3.86. The molecule has 1 atom stereocenters. The Morgan fingerprint density at radius 3 is 3.00 bits per heavy atom. The molecule has 66 valence electrons. The van der Waals surface area contributed by atoms with Gasteiger partial charge in [0.2, 0.25) is 0 Å². The number of nitrogens with two attached hydrogens (primary N) is 1. The minimum absolute atomic E-state index is 0.224. The number of methoxy groups -OCH3 is 1. The van der Waals surface area contributed by atoms with Gasteiger partial charge >= 0.3 is 5.97 Å². The van der Waals surface area contributed by atoms with Gasteiger partial charge in [0.15, 0.2) is 0 Å². The highest BCUT2D eigenvalue weighted by Gasteiger charge is 2.15. The van der Waals surface area contributed by atoms with Gasteiger partial charge in [0.1, 0.15) is 5.37 Å². The molecule has 0 aromatic rings. The standard InChI is InChI=1S/C7H10N2O2S/c1-11-7(10)4-2-5(8)6(12)9-3-4/h2-3,6,9,12H,8H2,1H3. The number of carbonyl (C=O) groups excluding carboxylic acids is 1. The molecule has 0 radical (unpaired) electrons. The van der Waals surface area contributed by atoms with Gasteiger partial charge in [-0.25, -0.2) is 4.79 Å². The average Bonchev–Trinajstić information content (AvgIpc) is 2.08. The van der Waals surface area contributed by atoms with E-state index in [-0.39, 0.29) is 5.37 Å². The zero-order valence-electron chi connectivity index (χ0n) is 6.57. The van der Waals surface area contributed by atoms with E-state index in [1.54, 1.807) is 6.08 Å². The van der Waals surface area contributed by atoms with Crippen molar-refractivity contribution in [3.05, 3.63) is 23.5 Å². The van der Waals surface area contributed by atoms with Gasteiger partial charge < -0.3 is 15.8 Å². The van der Waals surface area contributed by atoms with Crippen molar-refractivity contribution in [2.45, 2.75) is 5.37 Å². The third-order valence-electron chi connectivity index (χ3n) is 1.46. The highest BCUT2D eigenvalue weighted by atomic mass is 32.1. The van der Waals surface area contributed by atoms with Crippen molar-refractivity contribution in [2.75, 3.05) is 7.11 Å². The summed E-state index contributed by atoms with van der Waals surface area (Å²) in [4.78, 5) is 11.0. The number of dihydropyridines is 1. The van der Waals surface area contributed by atoms with Crippen molar-refractivity contribution in [1.29, 1.82) is 0 Å². The fourth-order valence-corrected chi connectivity index (χ4v) is 0.950. The van der Waals surface area contributed by atoms with Crippen molar-refractivity contribution in [3.63, 3.8) is 0 Å². The smallest absolute Gasteiger partial charge is 0.339 e. The molecule has 0 aromatic heterocycles. The van der Waals surface area contributed by atoms with E-state index < -0.39 is 5.97 Å². The molecule has 1 aliphatic rings.